The Bertz CT molecular complexity index is 319. The second-order valence-corrected chi connectivity index (χ2v) is 4.52. The maximum absolute atomic E-state index is 5.47. The van der Waals surface area contributed by atoms with Crippen molar-refractivity contribution in [3.8, 4) is 0 Å². The van der Waals surface area contributed by atoms with Gasteiger partial charge in [-0.05, 0) is 24.0 Å². The molecule has 0 radical (unpaired) electrons. The molecule has 0 unspecified atom stereocenters. The monoisotopic (exact) mass is 235 g/mol. The molecule has 17 heavy (non-hydrogen) atoms. The Hall–Kier alpha value is -0.900. The topological polar surface area (TPSA) is 30.5 Å². The highest BCUT2D eigenvalue weighted by Gasteiger charge is 2.19. The molecule has 1 aliphatic rings. The molecule has 0 spiro atoms. The van der Waals surface area contributed by atoms with E-state index in [9.17, 15) is 0 Å². The summed E-state index contributed by atoms with van der Waals surface area (Å²) in [5.41, 5.74) is 2.56. The summed E-state index contributed by atoms with van der Waals surface area (Å²) in [6, 6.07) is 9.38. The summed E-state index contributed by atoms with van der Waals surface area (Å²) in [6.45, 7) is 2.96. The first-order valence-electron chi connectivity index (χ1n) is 6.26. The van der Waals surface area contributed by atoms with E-state index in [0.29, 0.717) is 19.8 Å². The molecule has 1 aromatic rings. The van der Waals surface area contributed by atoms with Gasteiger partial charge in [0.15, 0.2) is 0 Å². The fraction of sp³-hybridized carbons (Fsp3) is 0.571. The zero-order valence-electron chi connectivity index (χ0n) is 10.4. The van der Waals surface area contributed by atoms with E-state index in [1.807, 2.05) is 0 Å². The number of rotatable bonds is 8. The molecular formula is C14H21NO2. The van der Waals surface area contributed by atoms with E-state index in [0.717, 1.165) is 12.6 Å². The lowest BCUT2D eigenvalue weighted by Gasteiger charge is -2.06. The van der Waals surface area contributed by atoms with E-state index in [1.54, 1.807) is 7.11 Å². The Morgan fingerprint density at radius 2 is 1.82 bits per heavy atom. The first-order valence-corrected chi connectivity index (χ1v) is 6.26. The van der Waals surface area contributed by atoms with E-state index in [-0.39, 0.29) is 0 Å². The van der Waals surface area contributed by atoms with Crippen molar-refractivity contribution >= 4 is 0 Å². The van der Waals surface area contributed by atoms with Gasteiger partial charge in [-0.25, -0.2) is 0 Å². The minimum absolute atomic E-state index is 0.654. The van der Waals surface area contributed by atoms with Gasteiger partial charge in [0.05, 0.1) is 19.8 Å². The zero-order chi connectivity index (χ0) is 11.9. The molecule has 0 aliphatic heterocycles. The van der Waals surface area contributed by atoms with Crippen LogP contribution in [0, 0.1) is 0 Å². The van der Waals surface area contributed by atoms with Crippen molar-refractivity contribution in [1.82, 2.24) is 5.32 Å². The average Bonchev–Trinajstić information content (AvgIpc) is 3.18. The second-order valence-electron chi connectivity index (χ2n) is 4.52. The summed E-state index contributed by atoms with van der Waals surface area (Å²) in [7, 11) is 1.69. The lowest BCUT2D eigenvalue weighted by atomic mass is 10.1. The van der Waals surface area contributed by atoms with Gasteiger partial charge in [0.1, 0.15) is 0 Å². The highest BCUT2D eigenvalue weighted by Crippen LogP contribution is 2.19. The third-order valence-electron chi connectivity index (χ3n) is 2.90. The zero-order valence-corrected chi connectivity index (χ0v) is 10.4. The van der Waals surface area contributed by atoms with Crippen LogP contribution in [0.1, 0.15) is 24.0 Å². The third-order valence-corrected chi connectivity index (χ3v) is 2.90. The van der Waals surface area contributed by atoms with Crippen molar-refractivity contribution in [1.29, 1.82) is 0 Å². The minimum Gasteiger partial charge on any atom is -0.382 e. The van der Waals surface area contributed by atoms with Gasteiger partial charge in [-0.15, -0.1) is 0 Å². The fourth-order valence-corrected chi connectivity index (χ4v) is 1.64. The van der Waals surface area contributed by atoms with E-state index in [4.69, 9.17) is 9.47 Å². The lowest BCUT2D eigenvalue weighted by Crippen LogP contribution is -2.15. The molecule has 1 saturated carbocycles. The maximum Gasteiger partial charge on any atom is 0.0718 e. The van der Waals surface area contributed by atoms with Crippen LogP contribution in [0.5, 0.6) is 0 Å². The van der Waals surface area contributed by atoms with Crippen molar-refractivity contribution in [2.75, 3.05) is 20.3 Å². The molecule has 0 aromatic heterocycles. The van der Waals surface area contributed by atoms with E-state index in [2.05, 4.69) is 29.6 Å². The number of ether oxygens (including phenoxy) is 2. The van der Waals surface area contributed by atoms with Crippen LogP contribution < -0.4 is 5.32 Å². The first kappa shape index (κ1) is 12.6. The fourth-order valence-electron chi connectivity index (χ4n) is 1.64. The van der Waals surface area contributed by atoms with Gasteiger partial charge in [0.2, 0.25) is 0 Å². The highest BCUT2D eigenvalue weighted by atomic mass is 16.5. The normalized spacial score (nSPS) is 15.1. The molecule has 1 fully saturated rings. The standard InChI is InChI=1S/C14H21NO2/c1-16-8-9-17-11-13-4-2-12(3-5-13)10-15-14-6-7-14/h2-5,14-15H,6-11H2,1H3. The summed E-state index contributed by atoms with van der Waals surface area (Å²) in [5.74, 6) is 0. The van der Waals surface area contributed by atoms with Crippen molar-refractivity contribution in [2.24, 2.45) is 0 Å². The van der Waals surface area contributed by atoms with Gasteiger partial charge in [0.25, 0.3) is 0 Å². The second kappa shape index (κ2) is 6.74. The van der Waals surface area contributed by atoms with Crippen LogP contribution in [0.15, 0.2) is 24.3 Å². The van der Waals surface area contributed by atoms with Crippen molar-refractivity contribution in [2.45, 2.75) is 32.0 Å². The predicted molar refractivity (Wildman–Crippen MR) is 67.8 cm³/mol. The van der Waals surface area contributed by atoms with Gasteiger partial charge < -0.3 is 14.8 Å². The van der Waals surface area contributed by atoms with Crippen LogP contribution in [-0.4, -0.2) is 26.4 Å². The van der Waals surface area contributed by atoms with E-state index in [1.165, 1.54) is 24.0 Å². The maximum atomic E-state index is 5.47. The smallest absolute Gasteiger partial charge is 0.0718 e. The molecule has 1 aliphatic carbocycles. The number of benzene rings is 1. The molecule has 0 amide bonds. The summed E-state index contributed by atoms with van der Waals surface area (Å²) in [6.07, 6.45) is 2.68. The Kier molecular flexibility index (Phi) is 4.98. The third kappa shape index (κ3) is 4.86. The van der Waals surface area contributed by atoms with Crippen LogP contribution in [0.3, 0.4) is 0 Å². The number of nitrogens with one attached hydrogen (secondary N) is 1. The van der Waals surface area contributed by atoms with Gasteiger partial charge >= 0.3 is 0 Å². The van der Waals surface area contributed by atoms with Crippen molar-refractivity contribution < 1.29 is 9.47 Å². The summed E-state index contributed by atoms with van der Waals surface area (Å²) < 4.78 is 10.4. The molecule has 0 saturated heterocycles. The molecule has 1 aromatic carbocycles. The molecule has 0 atom stereocenters. The highest BCUT2D eigenvalue weighted by molar-refractivity contribution is 5.22. The minimum atomic E-state index is 0.654. The molecular weight excluding hydrogens is 214 g/mol. The quantitative estimate of drug-likeness (QED) is 0.700. The van der Waals surface area contributed by atoms with Gasteiger partial charge in [-0.1, -0.05) is 24.3 Å². The molecule has 0 heterocycles. The largest absolute Gasteiger partial charge is 0.382 e. The molecule has 1 N–H and O–H groups in total. The van der Waals surface area contributed by atoms with Gasteiger partial charge in [0, 0.05) is 19.7 Å². The number of hydrogen-bond donors (Lipinski definition) is 1. The average molecular weight is 235 g/mol. The molecule has 0 bridgehead atoms. The SMILES string of the molecule is COCCOCc1ccc(CNC2CC2)cc1. The van der Waals surface area contributed by atoms with Gasteiger partial charge in [-0.3, -0.25) is 0 Å². The van der Waals surface area contributed by atoms with Crippen LogP contribution in [0.4, 0.5) is 0 Å². The summed E-state index contributed by atoms with van der Waals surface area (Å²) in [4.78, 5) is 0. The van der Waals surface area contributed by atoms with Gasteiger partial charge in [-0.2, -0.15) is 0 Å². The van der Waals surface area contributed by atoms with Crippen LogP contribution in [0.2, 0.25) is 0 Å². The summed E-state index contributed by atoms with van der Waals surface area (Å²) in [5, 5.41) is 3.50. The molecule has 2 rings (SSSR count). The van der Waals surface area contributed by atoms with E-state index < -0.39 is 0 Å². The predicted octanol–water partition coefficient (Wildman–Crippen LogP) is 2.10. The van der Waals surface area contributed by atoms with Crippen molar-refractivity contribution in [3.05, 3.63) is 35.4 Å². The Balaban J connectivity index is 1.68. The van der Waals surface area contributed by atoms with Crippen LogP contribution in [0.25, 0.3) is 0 Å². The Morgan fingerprint density at radius 1 is 1.12 bits per heavy atom. The van der Waals surface area contributed by atoms with Crippen LogP contribution in [-0.2, 0) is 22.6 Å². The molecule has 94 valence electrons. The number of hydrogen-bond acceptors (Lipinski definition) is 3. The Morgan fingerprint density at radius 3 is 2.47 bits per heavy atom. The number of methoxy groups -OCH3 is 1. The summed E-state index contributed by atoms with van der Waals surface area (Å²) >= 11 is 0. The van der Waals surface area contributed by atoms with Crippen molar-refractivity contribution in [3.63, 3.8) is 0 Å². The molecule has 3 heteroatoms. The van der Waals surface area contributed by atoms with E-state index >= 15 is 0 Å². The Labute approximate surface area is 103 Å². The van der Waals surface area contributed by atoms with Crippen LogP contribution >= 0.6 is 0 Å². The molecule has 3 nitrogen and oxygen atoms in total. The lowest BCUT2D eigenvalue weighted by molar-refractivity contribution is 0.0616. The first-order chi connectivity index (χ1) is 8.38.